The Balaban J connectivity index is 1.27. The van der Waals surface area contributed by atoms with Crippen LogP contribution in [0.3, 0.4) is 0 Å². The first-order valence-electron chi connectivity index (χ1n) is 13.4. The molecular formula is C31H33F2N2O4. The fraction of sp³-hybridized carbons (Fsp3) is 0.387. The first-order valence-corrected chi connectivity index (χ1v) is 13.4. The second kappa shape index (κ2) is 12.5. The van der Waals surface area contributed by atoms with E-state index in [4.69, 9.17) is 19.9 Å². The Bertz CT molecular complexity index is 1260. The van der Waals surface area contributed by atoms with Gasteiger partial charge in [0, 0.05) is 36.8 Å². The van der Waals surface area contributed by atoms with Gasteiger partial charge >= 0.3 is 6.61 Å². The predicted octanol–water partition coefficient (Wildman–Crippen LogP) is 5.93. The van der Waals surface area contributed by atoms with E-state index in [2.05, 4.69) is 6.07 Å². The standard InChI is InChI=1S/C31H33F2N2O4/c32-31(33)39-28-8-4-7-26(29(28)38-20-22-9-10-22)23-13-15-35(16-14-23)30(36)27-17-25(12-11-24(27)18-34)37-19-21-5-2-1-3-6-21/h1-7,11-12,17,22-23,31H,9-10,13-16,18-20,34H2. The highest BCUT2D eigenvalue weighted by Crippen LogP contribution is 2.42. The molecule has 39 heavy (non-hydrogen) atoms. The van der Waals surface area contributed by atoms with E-state index in [1.54, 1.807) is 12.1 Å². The molecule has 0 aromatic heterocycles. The van der Waals surface area contributed by atoms with Gasteiger partial charge in [-0.3, -0.25) is 4.79 Å². The van der Waals surface area contributed by atoms with Gasteiger partial charge in [-0.25, -0.2) is 0 Å². The monoisotopic (exact) mass is 535 g/mol. The van der Waals surface area contributed by atoms with Crippen molar-refractivity contribution >= 4 is 5.91 Å². The zero-order valence-electron chi connectivity index (χ0n) is 21.8. The third-order valence-electron chi connectivity index (χ3n) is 7.31. The summed E-state index contributed by atoms with van der Waals surface area (Å²) in [4.78, 5) is 15.4. The maximum absolute atomic E-state index is 13.6. The van der Waals surface area contributed by atoms with Crippen LogP contribution in [-0.4, -0.2) is 37.1 Å². The molecule has 5 rings (SSSR count). The minimum absolute atomic E-state index is 0.0485. The number of ether oxygens (including phenoxy) is 3. The van der Waals surface area contributed by atoms with Gasteiger partial charge in [0.25, 0.3) is 5.91 Å². The molecule has 2 aliphatic rings. The summed E-state index contributed by atoms with van der Waals surface area (Å²) < 4.78 is 42.8. The van der Waals surface area contributed by atoms with Crippen molar-refractivity contribution in [2.24, 2.45) is 11.7 Å². The second-order valence-electron chi connectivity index (χ2n) is 10.1. The Morgan fingerprint density at radius 3 is 2.49 bits per heavy atom. The number of alkyl halides is 2. The number of amides is 1. The molecule has 205 valence electrons. The second-order valence-corrected chi connectivity index (χ2v) is 10.1. The molecule has 0 atom stereocenters. The first-order chi connectivity index (χ1) is 19.0. The summed E-state index contributed by atoms with van der Waals surface area (Å²) in [6.07, 6.45) is 3.51. The molecule has 0 unspecified atom stereocenters. The normalized spacial score (nSPS) is 15.8. The molecule has 3 aromatic carbocycles. The molecule has 8 heteroatoms. The first kappa shape index (κ1) is 26.9. The van der Waals surface area contributed by atoms with Gasteiger partial charge in [0.1, 0.15) is 12.4 Å². The number of rotatable bonds is 11. The van der Waals surface area contributed by atoms with Gasteiger partial charge in [-0.05, 0) is 66.8 Å². The fourth-order valence-corrected chi connectivity index (χ4v) is 4.94. The van der Waals surface area contributed by atoms with E-state index in [9.17, 15) is 13.6 Å². The van der Waals surface area contributed by atoms with Crippen LogP contribution in [0.15, 0.2) is 60.7 Å². The minimum atomic E-state index is -2.96. The van der Waals surface area contributed by atoms with Gasteiger partial charge in [0.05, 0.1) is 6.61 Å². The number of nitrogens with zero attached hydrogens (tertiary/aromatic N) is 1. The highest BCUT2D eigenvalue weighted by atomic mass is 19.3. The Hall–Kier alpha value is -3.65. The molecular weight excluding hydrogens is 502 g/mol. The van der Waals surface area contributed by atoms with E-state index >= 15 is 0 Å². The quantitative estimate of drug-likeness (QED) is 0.329. The topological polar surface area (TPSA) is 74.0 Å². The van der Waals surface area contributed by atoms with Crippen LogP contribution >= 0.6 is 0 Å². The van der Waals surface area contributed by atoms with Crippen LogP contribution in [-0.2, 0) is 13.2 Å². The van der Waals surface area contributed by atoms with Gasteiger partial charge in [0.15, 0.2) is 11.5 Å². The summed E-state index contributed by atoms with van der Waals surface area (Å²) in [6.45, 7) is -0.789. The number of hydrogen-bond acceptors (Lipinski definition) is 5. The molecule has 3 aromatic rings. The SMILES string of the molecule is NCc1ccc(OCc2ccccc2)cc1C(=O)N1CCC(c2cc[c]c(OC(F)F)c2OCC2CC2)CC1. The molecule has 1 radical (unpaired) electrons. The van der Waals surface area contributed by atoms with Gasteiger partial charge in [-0.15, -0.1) is 0 Å². The van der Waals surface area contributed by atoms with Crippen molar-refractivity contribution in [1.82, 2.24) is 4.90 Å². The van der Waals surface area contributed by atoms with Crippen LogP contribution in [0.4, 0.5) is 8.78 Å². The van der Waals surface area contributed by atoms with Gasteiger partial charge < -0.3 is 24.8 Å². The average Bonchev–Trinajstić information content (AvgIpc) is 3.80. The van der Waals surface area contributed by atoms with Crippen LogP contribution in [0.1, 0.15) is 58.6 Å². The van der Waals surface area contributed by atoms with Gasteiger partial charge in [0.2, 0.25) is 0 Å². The van der Waals surface area contributed by atoms with Crippen LogP contribution in [0.2, 0.25) is 0 Å². The summed E-state index contributed by atoms with van der Waals surface area (Å²) in [6, 6.07) is 21.5. The van der Waals surface area contributed by atoms with Crippen molar-refractivity contribution in [3.8, 4) is 17.2 Å². The van der Waals surface area contributed by atoms with E-state index < -0.39 is 6.61 Å². The molecule has 0 spiro atoms. The van der Waals surface area contributed by atoms with E-state index in [1.807, 2.05) is 53.4 Å². The number of benzene rings is 3. The number of nitrogens with two attached hydrogens (primary N) is 1. The lowest BCUT2D eigenvalue weighted by Crippen LogP contribution is -2.38. The number of piperidine rings is 1. The van der Waals surface area contributed by atoms with E-state index in [0.29, 0.717) is 62.1 Å². The summed E-state index contributed by atoms with van der Waals surface area (Å²) >= 11 is 0. The number of hydrogen-bond donors (Lipinski definition) is 1. The van der Waals surface area contributed by atoms with E-state index in [0.717, 1.165) is 29.5 Å². The average molecular weight is 536 g/mol. The third-order valence-corrected chi connectivity index (χ3v) is 7.31. The van der Waals surface area contributed by atoms with Crippen molar-refractivity contribution in [2.75, 3.05) is 19.7 Å². The lowest BCUT2D eigenvalue weighted by Gasteiger charge is -2.33. The fourth-order valence-electron chi connectivity index (χ4n) is 4.94. The maximum atomic E-state index is 13.6. The molecule has 1 amide bonds. The van der Waals surface area contributed by atoms with Crippen LogP contribution in [0.25, 0.3) is 0 Å². The van der Waals surface area contributed by atoms with Gasteiger partial charge in [-0.1, -0.05) is 42.5 Å². The molecule has 1 saturated heterocycles. The number of carbonyl (C=O) groups excluding carboxylic acids is 1. The highest BCUT2D eigenvalue weighted by Gasteiger charge is 2.30. The van der Waals surface area contributed by atoms with Crippen LogP contribution in [0, 0.1) is 12.0 Å². The van der Waals surface area contributed by atoms with Crippen molar-refractivity contribution in [2.45, 2.75) is 51.4 Å². The molecule has 2 fully saturated rings. The van der Waals surface area contributed by atoms with Crippen molar-refractivity contribution in [3.05, 3.63) is 89.0 Å². The summed E-state index contributed by atoms with van der Waals surface area (Å²) in [5.74, 6) is 1.32. The Morgan fingerprint density at radius 1 is 1.03 bits per heavy atom. The molecule has 2 N–H and O–H groups in total. The van der Waals surface area contributed by atoms with Gasteiger partial charge in [-0.2, -0.15) is 8.78 Å². The summed E-state index contributed by atoms with van der Waals surface area (Å²) in [5, 5.41) is 0. The highest BCUT2D eigenvalue weighted by molar-refractivity contribution is 5.96. The molecule has 6 nitrogen and oxygen atoms in total. The summed E-state index contributed by atoms with van der Waals surface area (Å²) in [5.41, 5.74) is 9.13. The molecule has 0 bridgehead atoms. The Labute approximate surface area is 227 Å². The van der Waals surface area contributed by atoms with Crippen LogP contribution < -0.4 is 19.9 Å². The smallest absolute Gasteiger partial charge is 0.387 e. The van der Waals surface area contributed by atoms with E-state index in [1.165, 1.54) is 0 Å². The molecule has 1 aliphatic heterocycles. The largest absolute Gasteiger partial charge is 0.489 e. The Kier molecular flexibility index (Phi) is 8.61. The van der Waals surface area contributed by atoms with Crippen molar-refractivity contribution in [3.63, 3.8) is 0 Å². The zero-order chi connectivity index (χ0) is 27.2. The summed E-state index contributed by atoms with van der Waals surface area (Å²) in [7, 11) is 0. The molecule has 1 heterocycles. The lowest BCUT2D eigenvalue weighted by molar-refractivity contribution is -0.0518. The minimum Gasteiger partial charge on any atom is -0.489 e. The number of likely N-dealkylation sites (tertiary alicyclic amines) is 1. The van der Waals surface area contributed by atoms with Crippen molar-refractivity contribution < 1.29 is 27.8 Å². The number of halogens is 2. The zero-order valence-corrected chi connectivity index (χ0v) is 21.8. The van der Waals surface area contributed by atoms with E-state index in [-0.39, 0.29) is 24.1 Å². The molecule has 1 saturated carbocycles. The van der Waals surface area contributed by atoms with Crippen molar-refractivity contribution in [1.29, 1.82) is 0 Å². The van der Waals surface area contributed by atoms with Crippen LogP contribution in [0.5, 0.6) is 17.2 Å². The Morgan fingerprint density at radius 2 is 1.79 bits per heavy atom. The lowest BCUT2D eigenvalue weighted by atomic mass is 9.88. The third kappa shape index (κ3) is 6.87. The molecule has 1 aliphatic carbocycles. The predicted molar refractivity (Wildman–Crippen MR) is 143 cm³/mol. The number of carbonyl (C=O) groups is 1. The maximum Gasteiger partial charge on any atom is 0.387 e.